The number of rotatable bonds is 8. The van der Waals surface area contributed by atoms with Crippen LogP contribution in [0.4, 0.5) is 5.13 Å². The van der Waals surface area contributed by atoms with Gasteiger partial charge in [-0.25, -0.2) is 9.78 Å². The first kappa shape index (κ1) is 19.0. The molecule has 0 fully saturated rings. The van der Waals surface area contributed by atoms with E-state index in [1.54, 1.807) is 19.2 Å². The Bertz CT molecular complexity index is 587. The van der Waals surface area contributed by atoms with Crippen molar-refractivity contribution in [3.63, 3.8) is 0 Å². The molecule has 23 heavy (non-hydrogen) atoms. The van der Waals surface area contributed by atoms with Crippen LogP contribution < -0.4 is 10.6 Å². The second kappa shape index (κ2) is 8.02. The maximum Gasteiger partial charge on any atom is 0.331 e. The van der Waals surface area contributed by atoms with Gasteiger partial charge in [0.1, 0.15) is 0 Å². The van der Waals surface area contributed by atoms with Gasteiger partial charge < -0.3 is 20.5 Å². The molecule has 0 aromatic carbocycles. The van der Waals surface area contributed by atoms with E-state index in [0.717, 1.165) is 0 Å². The summed E-state index contributed by atoms with van der Waals surface area (Å²) in [5.74, 6) is -2.00. The summed E-state index contributed by atoms with van der Waals surface area (Å²) in [5, 5.41) is 16.3. The zero-order valence-electron chi connectivity index (χ0n) is 13.5. The molecular formula is C14H21N3O5S. The van der Waals surface area contributed by atoms with E-state index in [9.17, 15) is 19.5 Å². The molecule has 0 aliphatic rings. The summed E-state index contributed by atoms with van der Waals surface area (Å²) in [6.07, 6.45) is -0.0827. The second-order valence-corrected chi connectivity index (χ2v) is 6.44. The highest BCUT2D eigenvalue weighted by molar-refractivity contribution is 7.13. The lowest BCUT2D eigenvalue weighted by Gasteiger charge is -2.25. The molecule has 0 radical (unpaired) electrons. The van der Waals surface area contributed by atoms with Crippen LogP contribution in [-0.4, -0.2) is 47.1 Å². The molecule has 128 valence electrons. The van der Waals surface area contributed by atoms with Crippen LogP contribution in [0.15, 0.2) is 5.38 Å². The van der Waals surface area contributed by atoms with E-state index in [1.165, 1.54) is 25.4 Å². The monoisotopic (exact) mass is 343 g/mol. The topological polar surface area (TPSA) is 118 Å². The van der Waals surface area contributed by atoms with Crippen LogP contribution in [0.5, 0.6) is 0 Å². The van der Waals surface area contributed by atoms with Crippen LogP contribution in [0.3, 0.4) is 0 Å². The van der Waals surface area contributed by atoms with Crippen LogP contribution in [0.25, 0.3) is 0 Å². The average Bonchev–Trinajstić information content (AvgIpc) is 2.85. The van der Waals surface area contributed by atoms with Gasteiger partial charge in [0.15, 0.2) is 10.7 Å². The SMILES string of the molecule is COCC(C)(NC(=O)Cc1csc(NC(=O)C(C)C)n1)C(=O)O. The lowest BCUT2D eigenvalue weighted by atomic mass is 10.0. The van der Waals surface area contributed by atoms with Crippen molar-refractivity contribution < 1.29 is 24.2 Å². The molecule has 1 aromatic heterocycles. The van der Waals surface area contributed by atoms with E-state index in [0.29, 0.717) is 10.8 Å². The number of methoxy groups -OCH3 is 1. The van der Waals surface area contributed by atoms with Crippen molar-refractivity contribution in [3.8, 4) is 0 Å². The molecule has 9 heteroatoms. The van der Waals surface area contributed by atoms with Gasteiger partial charge in [-0.05, 0) is 6.92 Å². The van der Waals surface area contributed by atoms with Gasteiger partial charge in [-0.15, -0.1) is 11.3 Å². The fourth-order valence-corrected chi connectivity index (χ4v) is 2.36. The average molecular weight is 343 g/mol. The first-order valence-corrected chi connectivity index (χ1v) is 7.84. The van der Waals surface area contributed by atoms with Crippen molar-refractivity contribution in [2.24, 2.45) is 5.92 Å². The number of hydrogen-bond acceptors (Lipinski definition) is 6. The molecule has 1 heterocycles. The Morgan fingerprint density at radius 2 is 2.09 bits per heavy atom. The van der Waals surface area contributed by atoms with Crippen LogP contribution in [-0.2, 0) is 25.5 Å². The smallest absolute Gasteiger partial charge is 0.331 e. The summed E-state index contributed by atoms with van der Waals surface area (Å²) in [4.78, 5) is 38.9. The summed E-state index contributed by atoms with van der Waals surface area (Å²) >= 11 is 1.21. The van der Waals surface area contributed by atoms with Crippen molar-refractivity contribution >= 4 is 34.3 Å². The van der Waals surface area contributed by atoms with Crippen LogP contribution in [0.2, 0.25) is 0 Å². The van der Waals surface area contributed by atoms with E-state index in [1.807, 2.05) is 0 Å². The minimum atomic E-state index is -1.50. The summed E-state index contributed by atoms with van der Waals surface area (Å²) < 4.78 is 4.83. The van der Waals surface area contributed by atoms with Crippen molar-refractivity contribution in [3.05, 3.63) is 11.1 Å². The molecule has 2 amide bonds. The third-order valence-electron chi connectivity index (χ3n) is 2.97. The molecule has 1 unspecified atom stereocenters. The number of carbonyl (C=O) groups is 3. The molecule has 0 spiro atoms. The van der Waals surface area contributed by atoms with E-state index in [4.69, 9.17) is 4.74 Å². The lowest BCUT2D eigenvalue weighted by molar-refractivity contribution is -0.149. The Balaban J connectivity index is 2.66. The molecular weight excluding hydrogens is 322 g/mol. The zero-order chi connectivity index (χ0) is 17.6. The number of hydrogen-bond donors (Lipinski definition) is 3. The number of thiazole rings is 1. The van der Waals surface area contributed by atoms with E-state index >= 15 is 0 Å². The molecule has 3 N–H and O–H groups in total. The molecule has 1 atom stereocenters. The Morgan fingerprint density at radius 1 is 1.43 bits per heavy atom. The van der Waals surface area contributed by atoms with E-state index < -0.39 is 17.4 Å². The highest BCUT2D eigenvalue weighted by Crippen LogP contribution is 2.17. The van der Waals surface area contributed by atoms with Crippen molar-refractivity contribution in [2.75, 3.05) is 19.0 Å². The molecule has 0 saturated carbocycles. The molecule has 8 nitrogen and oxygen atoms in total. The first-order chi connectivity index (χ1) is 10.7. The van der Waals surface area contributed by atoms with Gasteiger partial charge in [0, 0.05) is 18.4 Å². The minimum Gasteiger partial charge on any atom is -0.479 e. The van der Waals surface area contributed by atoms with Gasteiger partial charge in [0.2, 0.25) is 11.8 Å². The molecule has 0 saturated heterocycles. The van der Waals surface area contributed by atoms with Crippen molar-refractivity contribution in [1.29, 1.82) is 0 Å². The first-order valence-electron chi connectivity index (χ1n) is 6.96. The number of nitrogens with one attached hydrogen (secondary N) is 2. The largest absolute Gasteiger partial charge is 0.479 e. The van der Waals surface area contributed by atoms with Gasteiger partial charge >= 0.3 is 5.97 Å². The number of amides is 2. The summed E-state index contributed by atoms with van der Waals surface area (Å²) in [7, 11) is 1.36. The third-order valence-corrected chi connectivity index (χ3v) is 3.77. The number of aromatic nitrogens is 1. The van der Waals surface area contributed by atoms with Gasteiger partial charge in [-0.2, -0.15) is 0 Å². The predicted molar refractivity (Wildman–Crippen MR) is 85.3 cm³/mol. The Morgan fingerprint density at radius 3 is 2.61 bits per heavy atom. The van der Waals surface area contributed by atoms with Crippen LogP contribution in [0.1, 0.15) is 26.5 Å². The second-order valence-electron chi connectivity index (χ2n) is 5.58. The number of aliphatic carboxylic acids is 1. The maximum atomic E-state index is 12.0. The number of ether oxygens (including phenoxy) is 1. The summed E-state index contributed by atoms with van der Waals surface area (Å²) in [6.45, 7) is 4.74. The minimum absolute atomic E-state index is 0.0827. The Labute approximate surface area is 138 Å². The van der Waals surface area contributed by atoms with Gasteiger partial charge in [0.05, 0.1) is 18.7 Å². The predicted octanol–water partition coefficient (Wildman–Crippen LogP) is 0.886. The molecule has 1 rings (SSSR count). The van der Waals surface area contributed by atoms with Crippen molar-refractivity contribution in [2.45, 2.75) is 32.7 Å². The summed E-state index contributed by atoms with van der Waals surface area (Å²) in [5.41, 5.74) is -1.05. The zero-order valence-corrected chi connectivity index (χ0v) is 14.3. The Hall–Kier alpha value is -2.00. The van der Waals surface area contributed by atoms with Crippen LogP contribution in [0, 0.1) is 5.92 Å². The number of anilines is 1. The molecule has 0 bridgehead atoms. The number of carbonyl (C=O) groups excluding carboxylic acids is 2. The number of carboxylic acids is 1. The van der Waals surface area contributed by atoms with E-state index in [-0.39, 0.29) is 24.9 Å². The molecule has 1 aromatic rings. The fourth-order valence-electron chi connectivity index (χ4n) is 1.65. The van der Waals surface area contributed by atoms with Gasteiger partial charge in [0.25, 0.3) is 0 Å². The highest BCUT2D eigenvalue weighted by atomic mass is 32.1. The van der Waals surface area contributed by atoms with Gasteiger partial charge in [-0.1, -0.05) is 13.8 Å². The number of nitrogens with zero attached hydrogens (tertiary/aromatic N) is 1. The quantitative estimate of drug-likeness (QED) is 0.645. The highest BCUT2D eigenvalue weighted by Gasteiger charge is 2.35. The van der Waals surface area contributed by atoms with Crippen molar-refractivity contribution in [1.82, 2.24) is 10.3 Å². The normalized spacial score (nSPS) is 13.4. The molecule has 0 aliphatic carbocycles. The molecule has 0 aliphatic heterocycles. The summed E-state index contributed by atoms with van der Waals surface area (Å²) in [6, 6.07) is 0. The lowest BCUT2D eigenvalue weighted by Crippen LogP contribution is -2.55. The fraction of sp³-hybridized carbons (Fsp3) is 0.571. The standard InChI is InChI=1S/C14H21N3O5S/c1-8(2)11(19)16-13-15-9(6-23-13)5-10(18)17-14(3,7-22-4)12(20)21/h6,8H,5,7H2,1-4H3,(H,17,18)(H,20,21)(H,15,16,19). The Kier molecular flexibility index (Phi) is 6.64. The van der Waals surface area contributed by atoms with Gasteiger partial charge in [-0.3, -0.25) is 9.59 Å². The maximum absolute atomic E-state index is 12.0. The van der Waals surface area contributed by atoms with E-state index in [2.05, 4.69) is 15.6 Å². The third kappa shape index (κ3) is 5.61. The van der Waals surface area contributed by atoms with Crippen LogP contribution >= 0.6 is 11.3 Å². The number of carboxylic acid groups (broad SMARTS) is 1.